The van der Waals surface area contributed by atoms with Gasteiger partial charge in [0.05, 0.1) is 0 Å². The molecule has 6 heteroatoms. The topological polar surface area (TPSA) is 75.4 Å². The molecule has 1 saturated heterocycles. The molecular formula is C16H24ClN3O2. The molecule has 3 N–H and O–H groups in total. The van der Waals surface area contributed by atoms with Crippen LogP contribution in [0.1, 0.15) is 32.3 Å². The maximum atomic E-state index is 12.7. The van der Waals surface area contributed by atoms with E-state index in [0.717, 1.165) is 18.4 Å². The molecule has 2 rings (SSSR count). The van der Waals surface area contributed by atoms with Gasteiger partial charge in [-0.1, -0.05) is 30.3 Å². The van der Waals surface area contributed by atoms with E-state index in [9.17, 15) is 9.59 Å². The summed E-state index contributed by atoms with van der Waals surface area (Å²) in [5.41, 5.74) is 6.04. The summed E-state index contributed by atoms with van der Waals surface area (Å²) in [6, 6.07) is 9.42. The second kappa shape index (κ2) is 7.61. The fourth-order valence-electron chi connectivity index (χ4n) is 2.80. The number of amides is 2. The Kier molecular flexibility index (Phi) is 6.38. The predicted molar refractivity (Wildman–Crippen MR) is 88.6 cm³/mol. The number of halogens is 1. The normalized spacial score (nSPS) is 20.5. The van der Waals surface area contributed by atoms with E-state index in [2.05, 4.69) is 5.32 Å². The van der Waals surface area contributed by atoms with E-state index < -0.39 is 5.54 Å². The maximum absolute atomic E-state index is 12.7. The van der Waals surface area contributed by atoms with Crippen LogP contribution in [0.5, 0.6) is 0 Å². The van der Waals surface area contributed by atoms with E-state index in [4.69, 9.17) is 5.73 Å². The highest BCUT2D eigenvalue weighted by Gasteiger charge is 2.36. The molecule has 0 saturated carbocycles. The zero-order chi connectivity index (χ0) is 15.5. The van der Waals surface area contributed by atoms with Crippen molar-refractivity contribution in [2.45, 2.75) is 38.3 Å². The number of carbonyl (C=O) groups excluding carboxylic acids is 2. The Labute approximate surface area is 137 Å². The first kappa shape index (κ1) is 18.5. The van der Waals surface area contributed by atoms with Crippen LogP contribution in [-0.2, 0) is 15.1 Å². The first-order chi connectivity index (χ1) is 9.91. The van der Waals surface area contributed by atoms with Gasteiger partial charge in [0.25, 0.3) is 0 Å². The summed E-state index contributed by atoms with van der Waals surface area (Å²) in [5.74, 6) is -0.156. The number of likely N-dealkylation sites (tertiary alicyclic amines) is 1. The molecule has 5 nitrogen and oxygen atoms in total. The van der Waals surface area contributed by atoms with Gasteiger partial charge in [-0.25, -0.2) is 0 Å². The summed E-state index contributed by atoms with van der Waals surface area (Å²) in [5, 5.41) is 2.88. The van der Waals surface area contributed by atoms with Gasteiger partial charge in [0, 0.05) is 26.1 Å². The number of nitrogens with two attached hydrogens (primary N) is 1. The fourth-order valence-corrected chi connectivity index (χ4v) is 2.80. The molecule has 2 amide bonds. The van der Waals surface area contributed by atoms with Gasteiger partial charge in [0.2, 0.25) is 11.8 Å². The van der Waals surface area contributed by atoms with E-state index in [-0.39, 0.29) is 30.3 Å². The molecule has 1 aromatic rings. The number of nitrogens with one attached hydrogen (secondary N) is 1. The van der Waals surface area contributed by atoms with Crippen LogP contribution < -0.4 is 11.1 Å². The molecule has 1 heterocycles. The Bertz CT molecular complexity index is 519. The van der Waals surface area contributed by atoms with Gasteiger partial charge < -0.3 is 16.0 Å². The fraction of sp³-hybridized carbons (Fsp3) is 0.500. The standard InChI is InChI=1S/C16H23N3O2.ClH/c1-12(20)18-14-9-6-10-19(11-14)15(21)16(2,17)13-7-4-3-5-8-13;/h3-5,7-8,14H,6,9-11,17H2,1-2H3,(H,18,20);1H. The van der Waals surface area contributed by atoms with Crippen LogP contribution in [0, 0.1) is 0 Å². The first-order valence-electron chi connectivity index (χ1n) is 7.32. The van der Waals surface area contributed by atoms with E-state index in [1.54, 1.807) is 11.8 Å². The number of rotatable bonds is 3. The van der Waals surface area contributed by atoms with Crippen LogP contribution in [0.3, 0.4) is 0 Å². The number of nitrogens with zero attached hydrogens (tertiary/aromatic N) is 1. The van der Waals surface area contributed by atoms with Crippen LogP contribution in [-0.4, -0.2) is 35.8 Å². The molecule has 1 aliphatic heterocycles. The highest BCUT2D eigenvalue weighted by Crippen LogP contribution is 2.22. The quantitative estimate of drug-likeness (QED) is 0.882. The molecule has 0 radical (unpaired) electrons. The predicted octanol–water partition coefficient (Wildman–Crippen LogP) is 1.41. The second-order valence-corrected chi connectivity index (χ2v) is 5.86. The number of hydrogen-bond donors (Lipinski definition) is 2. The molecule has 0 bridgehead atoms. The average Bonchev–Trinajstić information content (AvgIpc) is 2.47. The number of benzene rings is 1. The van der Waals surface area contributed by atoms with Crippen LogP contribution >= 0.6 is 12.4 Å². The van der Waals surface area contributed by atoms with Crippen molar-refractivity contribution < 1.29 is 9.59 Å². The lowest BCUT2D eigenvalue weighted by Gasteiger charge is -2.37. The van der Waals surface area contributed by atoms with E-state index in [1.165, 1.54) is 6.92 Å². The number of hydrogen-bond acceptors (Lipinski definition) is 3. The van der Waals surface area contributed by atoms with Crippen molar-refractivity contribution in [3.8, 4) is 0 Å². The summed E-state index contributed by atoms with van der Waals surface area (Å²) < 4.78 is 0. The Morgan fingerprint density at radius 1 is 1.32 bits per heavy atom. The van der Waals surface area contributed by atoms with Crippen LogP contribution in [0.4, 0.5) is 0 Å². The minimum atomic E-state index is -1.04. The highest BCUT2D eigenvalue weighted by atomic mass is 35.5. The summed E-state index contributed by atoms with van der Waals surface area (Å²) in [6.07, 6.45) is 1.78. The minimum absolute atomic E-state index is 0. The van der Waals surface area contributed by atoms with Gasteiger partial charge in [-0.05, 0) is 25.3 Å². The van der Waals surface area contributed by atoms with Gasteiger partial charge in [0.15, 0.2) is 0 Å². The second-order valence-electron chi connectivity index (χ2n) is 5.86. The average molecular weight is 326 g/mol. The van der Waals surface area contributed by atoms with Crippen molar-refractivity contribution in [1.29, 1.82) is 0 Å². The van der Waals surface area contributed by atoms with Crippen molar-refractivity contribution in [1.82, 2.24) is 10.2 Å². The SMILES string of the molecule is CC(=O)NC1CCCN(C(=O)C(C)(N)c2ccccc2)C1.Cl. The van der Waals surface area contributed by atoms with Crippen LogP contribution in [0.2, 0.25) is 0 Å². The minimum Gasteiger partial charge on any atom is -0.352 e. The van der Waals surface area contributed by atoms with Gasteiger partial charge in [-0.15, -0.1) is 12.4 Å². The van der Waals surface area contributed by atoms with Crippen LogP contribution in [0.15, 0.2) is 30.3 Å². The van der Waals surface area contributed by atoms with Crippen molar-refractivity contribution in [2.75, 3.05) is 13.1 Å². The molecule has 1 aromatic carbocycles. The molecule has 1 aliphatic rings. The van der Waals surface area contributed by atoms with Gasteiger partial charge >= 0.3 is 0 Å². The lowest BCUT2D eigenvalue weighted by atomic mass is 9.90. The van der Waals surface area contributed by atoms with Crippen molar-refractivity contribution in [3.05, 3.63) is 35.9 Å². The number of piperidine rings is 1. The summed E-state index contributed by atoms with van der Waals surface area (Å²) in [7, 11) is 0. The number of carbonyl (C=O) groups is 2. The molecule has 2 atom stereocenters. The monoisotopic (exact) mass is 325 g/mol. The first-order valence-corrected chi connectivity index (χ1v) is 7.32. The van der Waals surface area contributed by atoms with Crippen molar-refractivity contribution in [3.63, 3.8) is 0 Å². The zero-order valence-corrected chi connectivity index (χ0v) is 13.9. The molecule has 2 unspecified atom stereocenters. The van der Waals surface area contributed by atoms with E-state index in [1.807, 2.05) is 30.3 Å². The maximum Gasteiger partial charge on any atom is 0.247 e. The third-order valence-corrected chi connectivity index (χ3v) is 3.93. The Morgan fingerprint density at radius 3 is 2.55 bits per heavy atom. The van der Waals surface area contributed by atoms with Gasteiger partial charge in [-0.2, -0.15) is 0 Å². The molecule has 0 aromatic heterocycles. The van der Waals surface area contributed by atoms with Gasteiger partial charge in [-0.3, -0.25) is 9.59 Å². The van der Waals surface area contributed by atoms with Crippen LogP contribution in [0.25, 0.3) is 0 Å². The third-order valence-electron chi connectivity index (χ3n) is 3.93. The molecular weight excluding hydrogens is 302 g/mol. The summed E-state index contributed by atoms with van der Waals surface area (Å²) >= 11 is 0. The highest BCUT2D eigenvalue weighted by molar-refractivity contribution is 5.87. The third kappa shape index (κ3) is 4.21. The lowest BCUT2D eigenvalue weighted by Crippen LogP contribution is -2.56. The Balaban J connectivity index is 0.00000242. The zero-order valence-electron chi connectivity index (χ0n) is 13.0. The molecule has 122 valence electrons. The lowest BCUT2D eigenvalue weighted by molar-refractivity contribution is -0.138. The molecule has 0 aliphatic carbocycles. The Morgan fingerprint density at radius 2 is 1.95 bits per heavy atom. The van der Waals surface area contributed by atoms with E-state index in [0.29, 0.717) is 13.1 Å². The Hall–Kier alpha value is -1.59. The van der Waals surface area contributed by atoms with Gasteiger partial charge in [0.1, 0.15) is 5.54 Å². The molecule has 1 fully saturated rings. The van der Waals surface area contributed by atoms with Crippen molar-refractivity contribution in [2.24, 2.45) is 5.73 Å². The van der Waals surface area contributed by atoms with E-state index >= 15 is 0 Å². The summed E-state index contributed by atoms with van der Waals surface area (Å²) in [6.45, 7) is 4.46. The smallest absolute Gasteiger partial charge is 0.247 e. The molecule has 0 spiro atoms. The largest absolute Gasteiger partial charge is 0.352 e. The summed E-state index contributed by atoms with van der Waals surface area (Å²) in [4.78, 5) is 25.7. The van der Waals surface area contributed by atoms with Crippen molar-refractivity contribution >= 4 is 24.2 Å². The molecule has 22 heavy (non-hydrogen) atoms.